The van der Waals surface area contributed by atoms with Crippen LogP contribution in [0.25, 0.3) is 0 Å². The van der Waals surface area contributed by atoms with E-state index >= 15 is 0 Å². The van der Waals surface area contributed by atoms with E-state index in [2.05, 4.69) is 22.8 Å². The average Bonchev–Trinajstić information content (AvgIpc) is 2.60. The molecule has 3 aliphatic rings. The maximum absolute atomic E-state index is 3.62. The van der Waals surface area contributed by atoms with E-state index in [1.807, 2.05) is 0 Å². The highest BCUT2D eigenvalue weighted by Crippen LogP contribution is 2.44. The fourth-order valence-corrected chi connectivity index (χ4v) is 3.07. The lowest BCUT2D eigenvalue weighted by Gasteiger charge is -2.35. The van der Waals surface area contributed by atoms with Gasteiger partial charge < -0.3 is 10.6 Å². The van der Waals surface area contributed by atoms with Crippen molar-refractivity contribution in [2.24, 2.45) is 5.41 Å². The second-order valence-electron chi connectivity index (χ2n) is 4.72. The number of fused-ring (bicyclic) bond motifs is 1. The molecule has 1 saturated heterocycles. The third kappa shape index (κ3) is 1.13. The molecule has 0 radical (unpaired) electrons. The molecular formula is C12H18N2. The molecule has 2 heteroatoms. The van der Waals surface area contributed by atoms with Crippen LogP contribution in [-0.4, -0.2) is 19.6 Å². The first-order valence-corrected chi connectivity index (χ1v) is 5.76. The highest BCUT2D eigenvalue weighted by Gasteiger charge is 2.40. The topological polar surface area (TPSA) is 24.1 Å². The van der Waals surface area contributed by atoms with Gasteiger partial charge in [-0.3, -0.25) is 0 Å². The average molecular weight is 190 g/mol. The highest BCUT2D eigenvalue weighted by molar-refractivity contribution is 5.39. The predicted molar refractivity (Wildman–Crippen MR) is 57.9 cm³/mol. The second-order valence-corrected chi connectivity index (χ2v) is 4.72. The fraction of sp³-hybridized carbons (Fsp3) is 0.667. The van der Waals surface area contributed by atoms with Gasteiger partial charge in [0.15, 0.2) is 0 Å². The van der Waals surface area contributed by atoms with Crippen molar-refractivity contribution in [2.75, 3.05) is 19.6 Å². The highest BCUT2D eigenvalue weighted by atomic mass is 15.0. The van der Waals surface area contributed by atoms with Gasteiger partial charge >= 0.3 is 0 Å². The van der Waals surface area contributed by atoms with Gasteiger partial charge in [0.2, 0.25) is 0 Å². The molecule has 3 rings (SSSR count). The number of rotatable bonds is 0. The number of piperidine rings is 1. The molecular weight excluding hydrogens is 172 g/mol. The van der Waals surface area contributed by atoms with Crippen LogP contribution in [0.3, 0.4) is 0 Å². The van der Waals surface area contributed by atoms with Crippen LogP contribution in [0.2, 0.25) is 0 Å². The smallest absolute Gasteiger partial charge is 0.0242 e. The lowest BCUT2D eigenvalue weighted by molar-refractivity contribution is 0.273. The van der Waals surface area contributed by atoms with Crippen LogP contribution in [0, 0.1) is 5.41 Å². The van der Waals surface area contributed by atoms with Crippen LogP contribution in [0.15, 0.2) is 23.4 Å². The minimum atomic E-state index is 0.484. The zero-order chi connectivity index (χ0) is 9.43. The minimum Gasteiger partial charge on any atom is -0.387 e. The standard InChI is InChI=1S/C12H18N2/c1-2-4-11-10(3-1)12(9-14-11)5-7-13-8-6-12/h1,3,13-14H,2,4-9H2. The van der Waals surface area contributed by atoms with Crippen molar-refractivity contribution in [3.63, 3.8) is 0 Å². The van der Waals surface area contributed by atoms with Crippen molar-refractivity contribution in [3.05, 3.63) is 23.4 Å². The lowest BCUT2D eigenvalue weighted by atomic mass is 9.73. The number of allylic oxidation sites excluding steroid dienone is 3. The molecule has 0 aromatic carbocycles. The Hall–Kier alpha value is -0.760. The molecule has 0 aromatic rings. The fourth-order valence-electron chi connectivity index (χ4n) is 3.07. The molecule has 0 atom stereocenters. The van der Waals surface area contributed by atoms with Crippen molar-refractivity contribution in [1.29, 1.82) is 0 Å². The van der Waals surface area contributed by atoms with Crippen LogP contribution >= 0.6 is 0 Å². The van der Waals surface area contributed by atoms with E-state index in [1.165, 1.54) is 51.0 Å². The Morgan fingerprint density at radius 2 is 2.07 bits per heavy atom. The van der Waals surface area contributed by atoms with E-state index in [-0.39, 0.29) is 0 Å². The van der Waals surface area contributed by atoms with E-state index in [1.54, 1.807) is 5.57 Å². The van der Waals surface area contributed by atoms with Gasteiger partial charge in [-0.25, -0.2) is 0 Å². The molecule has 76 valence electrons. The van der Waals surface area contributed by atoms with Gasteiger partial charge in [-0.15, -0.1) is 0 Å². The zero-order valence-corrected chi connectivity index (χ0v) is 8.60. The Bertz CT molecular complexity index is 295. The molecule has 2 N–H and O–H groups in total. The summed E-state index contributed by atoms with van der Waals surface area (Å²) in [6, 6.07) is 0. The summed E-state index contributed by atoms with van der Waals surface area (Å²) in [5.74, 6) is 0. The summed E-state index contributed by atoms with van der Waals surface area (Å²) in [4.78, 5) is 0. The molecule has 2 aliphatic heterocycles. The summed E-state index contributed by atoms with van der Waals surface area (Å²) in [5, 5.41) is 7.08. The van der Waals surface area contributed by atoms with Crippen molar-refractivity contribution in [3.8, 4) is 0 Å². The summed E-state index contributed by atoms with van der Waals surface area (Å²) >= 11 is 0. The predicted octanol–water partition coefficient (Wildman–Crippen LogP) is 1.56. The molecule has 0 unspecified atom stereocenters. The number of hydrogen-bond donors (Lipinski definition) is 2. The van der Waals surface area contributed by atoms with Gasteiger partial charge in [-0.1, -0.05) is 12.2 Å². The van der Waals surface area contributed by atoms with Crippen molar-refractivity contribution in [1.82, 2.24) is 10.6 Å². The van der Waals surface area contributed by atoms with Gasteiger partial charge in [0.05, 0.1) is 0 Å². The molecule has 2 nitrogen and oxygen atoms in total. The first-order valence-electron chi connectivity index (χ1n) is 5.76. The molecule has 1 aliphatic carbocycles. The first kappa shape index (κ1) is 8.54. The van der Waals surface area contributed by atoms with Gasteiger partial charge in [0.1, 0.15) is 0 Å². The summed E-state index contributed by atoms with van der Waals surface area (Å²) in [6.45, 7) is 3.56. The van der Waals surface area contributed by atoms with E-state index in [9.17, 15) is 0 Å². The maximum atomic E-state index is 3.62. The number of hydrogen-bond acceptors (Lipinski definition) is 2. The Morgan fingerprint density at radius 3 is 2.93 bits per heavy atom. The summed E-state index contributed by atoms with van der Waals surface area (Å²) < 4.78 is 0. The maximum Gasteiger partial charge on any atom is 0.0242 e. The van der Waals surface area contributed by atoms with Crippen LogP contribution < -0.4 is 10.6 Å². The molecule has 1 fully saturated rings. The number of nitrogens with one attached hydrogen (secondary N) is 2. The molecule has 2 heterocycles. The molecule has 0 saturated carbocycles. The zero-order valence-electron chi connectivity index (χ0n) is 8.60. The Labute approximate surface area is 85.5 Å². The molecule has 0 bridgehead atoms. The van der Waals surface area contributed by atoms with Gasteiger partial charge in [-0.05, 0) is 44.3 Å². The third-order valence-electron chi connectivity index (χ3n) is 3.94. The summed E-state index contributed by atoms with van der Waals surface area (Å²) in [7, 11) is 0. The van der Waals surface area contributed by atoms with Crippen molar-refractivity contribution < 1.29 is 0 Å². The van der Waals surface area contributed by atoms with E-state index in [4.69, 9.17) is 0 Å². The quantitative estimate of drug-likeness (QED) is 0.606. The van der Waals surface area contributed by atoms with Crippen LogP contribution in [0.5, 0.6) is 0 Å². The Kier molecular flexibility index (Phi) is 1.91. The van der Waals surface area contributed by atoms with Crippen LogP contribution in [-0.2, 0) is 0 Å². The van der Waals surface area contributed by atoms with Crippen molar-refractivity contribution >= 4 is 0 Å². The van der Waals surface area contributed by atoms with E-state index in [0.717, 1.165) is 0 Å². The second kappa shape index (κ2) is 3.13. The summed E-state index contributed by atoms with van der Waals surface area (Å²) in [6.07, 6.45) is 9.80. The largest absolute Gasteiger partial charge is 0.387 e. The van der Waals surface area contributed by atoms with Crippen LogP contribution in [0.1, 0.15) is 25.7 Å². The Morgan fingerprint density at radius 1 is 1.21 bits per heavy atom. The van der Waals surface area contributed by atoms with Gasteiger partial charge in [-0.2, -0.15) is 0 Å². The molecule has 0 amide bonds. The normalized spacial score (nSPS) is 29.1. The molecule has 0 aromatic heterocycles. The molecule has 14 heavy (non-hydrogen) atoms. The minimum absolute atomic E-state index is 0.484. The van der Waals surface area contributed by atoms with Gasteiger partial charge in [0.25, 0.3) is 0 Å². The molecule has 1 spiro atoms. The van der Waals surface area contributed by atoms with Crippen LogP contribution in [0.4, 0.5) is 0 Å². The SMILES string of the molecule is C1=CC2=C(CC1)NCC21CCNCC1. The summed E-state index contributed by atoms with van der Waals surface area (Å²) in [5.41, 5.74) is 3.65. The van der Waals surface area contributed by atoms with E-state index in [0.29, 0.717) is 5.41 Å². The van der Waals surface area contributed by atoms with Crippen molar-refractivity contribution in [2.45, 2.75) is 25.7 Å². The first-order chi connectivity index (χ1) is 6.91. The van der Waals surface area contributed by atoms with E-state index < -0.39 is 0 Å². The monoisotopic (exact) mass is 190 g/mol. The van der Waals surface area contributed by atoms with Gasteiger partial charge in [0, 0.05) is 17.7 Å². The Balaban J connectivity index is 1.93. The lowest BCUT2D eigenvalue weighted by Crippen LogP contribution is -2.39. The third-order valence-corrected chi connectivity index (χ3v) is 3.94.